The smallest absolute Gasteiger partial charge is 0.123 e. The van der Waals surface area contributed by atoms with Crippen LogP contribution in [0.5, 0.6) is 5.75 Å². The van der Waals surface area contributed by atoms with E-state index in [9.17, 15) is 9.50 Å². The molecule has 6 heteroatoms. The second kappa shape index (κ2) is 8.76. The molecular weight excluding hydrogens is 435 g/mol. The van der Waals surface area contributed by atoms with E-state index < -0.39 is 6.10 Å². The number of aliphatic hydroxyl groups is 1. The fourth-order valence-corrected chi connectivity index (χ4v) is 3.50. The average molecular weight is 455 g/mol. The number of halogens is 2. The minimum Gasteiger partial charge on any atom is -0.491 e. The maximum atomic E-state index is 13.2. The fraction of sp³-hybridized carbons (Fsp3) is 0.174. The summed E-state index contributed by atoms with van der Waals surface area (Å²) in [7, 11) is 0. The molecule has 1 atom stereocenters. The van der Waals surface area contributed by atoms with Crippen molar-refractivity contribution in [3.05, 3.63) is 94.5 Å². The molecule has 4 rings (SSSR count). The second-order valence-corrected chi connectivity index (χ2v) is 7.77. The van der Waals surface area contributed by atoms with E-state index in [0.29, 0.717) is 18.7 Å². The molecule has 148 valence electrons. The number of rotatable bonds is 7. The molecule has 0 aliphatic rings. The Morgan fingerprint density at radius 1 is 1.00 bits per heavy atom. The van der Waals surface area contributed by atoms with Crippen molar-refractivity contribution in [3.8, 4) is 5.75 Å². The Bertz CT molecular complexity index is 1090. The van der Waals surface area contributed by atoms with Crippen LogP contribution in [-0.2, 0) is 13.0 Å². The number of benzene rings is 3. The standard InChI is InChI=1S/C23H20BrFN2O2/c24-17-7-11-20(12-8-17)29-15-19(28)14-27-22-4-2-1-3-21(22)26-23(27)13-16-5-9-18(25)10-6-16/h1-12,19,28H,13-15H2. The summed E-state index contributed by atoms with van der Waals surface area (Å²) in [5.74, 6) is 1.26. The summed E-state index contributed by atoms with van der Waals surface area (Å²) in [5.41, 5.74) is 2.78. The quantitative estimate of drug-likeness (QED) is 0.428. The number of imidazole rings is 1. The first-order valence-electron chi connectivity index (χ1n) is 9.33. The van der Waals surface area contributed by atoms with E-state index in [1.807, 2.05) is 53.1 Å². The van der Waals surface area contributed by atoms with Gasteiger partial charge in [0.05, 0.1) is 17.6 Å². The van der Waals surface area contributed by atoms with E-state index in [-0.39, 0.29) is 12.4 Å². The van der Waals surface area contributed by atoms with Gasteiger partial charge < -0.3 is 14.4 Å². The van der Waals surface area contributed by atoms with Gasteiger partial charge in [-0.25, -0.2) is 9.37 Å². The van der Waals surface area contributed by atoms with Crippen LogP contribution in [0.3, 0.4) is 0 Å². The molecule has 4 nitrogen and oxygen atoms in total. The van der Waals surface area contributed by atoms with Gasteiger partial charge in [0.25, 0.3) is 0 Å². The molecule has 0 aliphatic heterocycles. The Balaban J connectivity index is 1.53. The lowest BCUT2D eigenvalue weighted by atomic mass is 10.1. The number of ether oxygens (including phenoxy) is 1. The van der Waals surface area contributed by atoms with Crippen LogP contribution in [-0.4, -0.2) is 27.4 Å². The van der Waals surface area contributed by atoms with Gasteiger partial charge in [-0.2, -0.15) is 0 Å². The lowest BCUT2D eigenvalue weighted by Crippen LogP contribution is -2.24. The Kier molecular flexibility index (Phi) is 5.92. The summed E-state index contributed by atoms with van der Waals surface area (Å²) < 4.78 is 21.9. The van der Waals surface area contributed by atoms with Crippen molar-refractivity contribution in [3.63, 3.8) is 0 Å². The van der Waals surface area contributed by atoms with Gasteiger partial charge in [0.1, 0.15) is 30.1 Å². The highest BCUT2D eigenvalue weighted by atomic mass is 79.9. The Hall–Kier alpha value is -2.70. The normalized spacial score (nSPS) is 12.2. The van der Waals surface area contributed by atoms with Crippen LogP contribution in [0.25, 0.3) is 11.0 Å². The van der Waals surface area contributed by atoms with Gasteiger partial charge in [-0.15, -0.1) is 0 Å². The van der Waals surface area contributed by atoms with E-state index in [0.717, 1.165) is 26.9 Å². The molecule has 4 aromatic rings. The van der Waals surface area contributed by atoms with Crippen LogP contribution in [0, 0.1) is 5.82 Å². The van der Waals surface area contributed by atoms with Crippen molar-refractivity contribution in [1.29, 1.82) is 0 Å². The van der Waals surface area contributed by atoms with Crippen molar-refractivity contribution in [2.24, 2.45) is 0 Å². The molecule has 3 aromatic carbocycles. The zero-order valence-electron chi connectivity index (χ0n) is 15.6. The molecule has 0 radical (unpaired) electrons. The molecule has 0 saturated carbocycles. The highest BCUT2D eigenvalue weighted by molar-refractivity contribution is 9.10. The number of aliphatic hydroxyl groups excluding tert-OH is 1. The van der Waals surface area contributed by atoms with Crippen LogP contribution in [0.4, 0.5) is 4.39 Å². The molecule has 0 amide bonds. The van der Waals surface area contributed by atoms with E-state index in [1.165, 1.54) is 12.1 Å². The van der Waals surface area contributed by atoms with Crippen LogP contribution in [0.2, 0.25) is 0 Å². The maximum absolute atomic E-state index is 13.2. The molecule has 1 N–H and O–H groups in total. The van der Waals surface area contributed by atoms with Gasteiger partial charge in [-0.3, -0.25) is 0 Å². The maximum Gasteiger partial charge on any atom is 0.123 e. The van der Waals surface area contributed by atoms with Crippen molar-refractivity contribution in [2.75, 3.05) is 6.61 Å². The zero-order valence-corrected chi connectivity index (χ0v) is 17.2. The van der Waals surface area contributed by atoms with Crippen LogP contribution in [0.15, 0.2) is 77.3 Å². The summed E-state index contributed by atoms with van der Waals surface area (Å²) in [5, 5.41) is 10.6. The van der Waals surface area contributed by atoms with Gasteiger partial charge in [0.2, 0.25) is 0 Å². The first-order chi connectivity index (χ1) is 14.1. The third kappa shape index (κ3) is 4.83. The van der Waals surface area contributed by atoms with Gasteiger partial charge in [0, 0.05) is 10.9 Å². The lowest BCUT2D eigenvalue weighted by molar-refractivity contribution is 0.0928. The number of hydrogen-bond acceptors (Lipinski definition) is 3. The van der Waals surface area contributed by atoms with E-state index in [4.69, 9.17) is 9.72 Å². The number of aromatic nitrogens is 2. The molecule has 1 unspecified atom stereocenters. The van der Waals surface area contributed by atoms with Crippen LogP contribution < -0.4 is 4.74 Å². The minimum atomic E-state index is -0.705. The number of para-hydroxylation sites is 2. The topological polar surface area (TPSA) is 47.3 Å². The van der Waals surface area contributed by atoms with Gasteiger partial charge in [0.15, 0.2) is 0 Å². The summed E-state index contributed by atoms with van der Waals surface area (Å²) >= 11 is 3.39. The van der Waals surface area contributed by atoms with E-state index in [1.54, 1.807) is 12.1 Å². The highest BCUT2D eigenvalue weighted by Crippen LogP contribution is 2.20. The molecule has 29 heavy (non-hydrogen) atoms. The molecule has 0 aliphatic carbocycles. The summed E-state index contributed by atoms with van der Waals surface area (Å²) in [4.78, 5) is 4.72. The minimum absolute atomic E-state index is 0.171. The monoisotopic (exact) mass is 454 g/mol. The van der Waals surface area contributed by atoms with Crippen molar-refractivity contribution in [2.45, 2.75) is 19.1 Å². The second-order valence-electron chi connectivity index (χ2n) is 6.85. The lowest BCUT2D eigenvalue weighted by Gasteiger charge is -2.16. The summed E-state index contributed by atoms with van der Waals surface area (Å²) in [6, 6.07) is 21.7. The van der Waals surface area contributed by atoms with Gasteiger partial charge in [-0.1, -0.05) is 40.2 Å². The Labute approximate surface area is 176 Å². The number of fused-ring (bicyclic) bond motifs is 1. The molecular formula is C23H20BrFN2O2. The van der Waals surface area contributed by atoms with E-state index in [2.05, 4.69) is 15.9 Å². The number of nitrogens with zero attached hydrogens (tertiary/aromatic N) is 2. The largest absolute Gasteiger partial charge is 0.491 e. The van der Waals surface area contributed by atoms with Crippen molar-refractivity contribution in [1.82, 2.24) is 9.55 Å². The fourth-order valence-electron chi connectivity index (χ4n) is 3.24. The SMILES string of the molecule is OC(COc1ccc(Br)cc1)Cn1c(Cc2ccc(F)cc2)nc2ccccc21. The third-order valence-corrected chi connectivity index (χ3v) is 5.19. The first-order valence-corrected chi connectivity index (χ1v) is 10.1. The molecule has 0 bridgehead atoms. The Morgan fingerprint density at radius 2 is 1.72 bits per heavy atom. The molecule has 0 saturated heterocycles. The molecule has 1 heterocycles. The van der Waals surface area contributed by atoms with Gasteiger partial charge >= 0.3 is 0 Å². The first kappa shape index (κ1) is 19.6. The molecule has 1 aromatic heterocycles. The molecule has 0 spiro atoms. The third-order valence-electron chi connectivity index (χ3n) is 4.66. The predicted octanol–water partition coefficient (Wildman–Crippen LogP) is 4.97. The number of hydrogen-bond donors (Lipinski definition) is 1. The summed E-state index contributed by atoms with van der Waals surface area (Å²) in [6.45, 7) is 0.525. The van der Waals surface area contributed by atoms with Crippen LogP contribution in [0.1, 0.15) is 11.4 Å². The predicted molar refractivity (Wildman–Crippen MR) is 115 cm³/mol. The average Bonchev–Trinajstić information content (AvgIpc) is 3.06. The Morgan fingerprint density at radius 3 is 2.48 bits per heavy atom. The zero-order chi connectivity index (χ0) is 20.2. The van der Waals surface area contributed by atoms with E-state index >= 15 is 0 Å². The summed E-state index contributed by atoms with van der Waals surface area (Å²) in [6.07, 6.45) is -0.155. The van der Waals surface area contributed by atoms with Crippen molar-refractivity contribution >= 4 is 27.0 Å². The van der Waals surface area contributed by atoms with Gasteiger partial charge in [-0.05, 0) is 54.1 Å². The van der Waals surface area contributed by atoms with Crippen molar-refractivity contribution < 1.29 is 14.2 Å². The molecule has 0 fully saturated rings. The van der Waals surface area contributed by atoms with Crippen LogP contribution >= 0.6 is 15.9 Å². The highest BCUT2D eigenvalue weighted by Gasteiger charge is 2.15.